The molecule has 6 nitrogen and oxygen atoms in total. The fourth-order valence-electron chi connectivity index (χ4n) is 4.85. The van der Waals surface area contributed by atoms with E-state index >= 15 is 0 Å². The predicted octanol–water partition coefficient (Wildman–Crippen LogP) is 4.82. The van der Waals surface area contributed by atoms with Crippen LogP contribution in [-0.2, 0) is 0 Å². The smallest absolute Gasteiger partial charge is 0.273 e. The molecule has 0 unspecified atom stereocenters. The van der Waals surface area contributed by atoms with E-state index in [0.29, 0.717) is 0 Å². The summed E-state index contributed by atoms with van der Waals surface area (Å²) in [5.74, 6) is -2.05. The standard InChI is InChI=1S/C23H22BrF3N4O2/c24-21-20(23(33)30-10-12(9-25)11-30)22-28-17(8-18(32)31(22)29-21)14-6-15(26)19(16(27)7-14)13-4-2-1-3-5-13/h6-8,12-13,29H,1-5,9-11H2. The number of halogens is 4. The zero-order valence-electron chi connectivity index (χ0n) is 17.7. The van der Waals surface area contributed by atoms with Crippen LogP contribution in [0, 0.1) is 17.6 Å². The Morgan fingerprint density at radius 3 is 2.42 bits per heavy atom. The van der Waals surface area contributed by atoms with Gasteiger partial charge in [-0.05, 0) is 46.8 Å². The molecule has 2 aromatic heterocycles. The van der Waals surface area contributed by atoms with E-state index in [1.54, 1.807) is 0 Å². The summed E-state index contributed by atoms with van der Waals surface area (Å²) in [5.41, 5.74) is -0.0877. The lowest BCUT2D eigenvalue weighted by Crippen LogP contribution is -2.50. The zero-order valence-corrected chi connectivity index (χ0v) is 19.3. The molecule has 0 bridgehead atoms. The molecule has 1 saturated heterocycles. The van der Waals surface area contributed by atoms with Gasteiger partial charge in [-0.3, -0.25) is 19.1 Å². The van der Waals surface area contributed by atoms with Crippen molar-refractivity contribution in [2.45, 2.75) is 38.0 Å². The van der Waals surface area contributed by atoms with Crippen molar-refractivity contribution in [1.29, 1.82) is 0 Å². The van der Waals surface area contributed by atoms with Gasteiger partial charge in [-0.15, -0.1) is 0 Å². The third-order valence-corrected chi connectivity index (χ3v) is 7.21. The maximum atomic E-state index is 15.0. The number of benzene rings is 1. The lowest BCUT2D eigenvalue weighted by molar-refractivity contribution is 0.0453. The van der Waals surface area contributed by atoms with Crippen molar-refractivity contribution < 1.29 is 18.0 Å². The Morgan fingerprint density at radius 1 is 1.12 bits per heavy atom. The first-order chi connectivity index (χ1) is 15.9. The number of amides is 1. The van der Waals surface area contributed by atoms with Gasteiger partial charge in [0.1, 0.15) is 21.8 Å². The van der Waals surface area contributed by atoms with Crippen LogP contribution in [-0.4, -0.2) is 45.2 Å². The molecule has 1 aliphatic carbocycles. The number of rotatable bonds is 4. The number of aromatic nitrogens is 3. The molecule has 1 saturated carbocycles. The number of nitrogens with zero attached hydrogens (tertiary/aromatic N) is 3. The number of alkyl halides is 1. The summed E-state index contributed by atoms with van der Waals surface area (Å²) < 4.78 is 44.1. The minimum atomic E-state index is -0.650. The van der Waals surface area contributed by atoms with Crippen LogP contribution in [0.1, 0.15) is 53.9 Å². The average molecular weight is 523 g/mol. The minimum Gasteiger partial charge on any atom is -0.338 e. The second kappa shape index (κ2) is 8.62. The second-order valence-corrected chi connectivity index (χ2v) is 9.65. The van der Waals surface area contributed by atoms with Crippen LogP contribution in [0.4, 0.5) is 13.2 Å². The van der Waals surface area contributed by atoms with Crippen molar-refractivity contribution in [2.75, 3.05) is 19.8 Å². The molecule has 1 N–H and O–H groups in total. The SMILES string of the molecule is O=C(c1c(Br)[nH]n2c(=O)cc(-c3cc(F)c(C4CCCCC4)c(F)c3)nc12)N1CC(CF)C1. The molecule has 2 fully saturated rings. The monoisotopic (exact) mass is 522 g/mol. The van der Waals surface area contributed by atoms with E-state index in [1.165, 1.54) is 23.1 Å². The Labute approximate surface area is 195 Å². The summed E-state index contributed by atoms with van der Waals surface area (Å²) in [5, 5.41) is 2.75. The van der Waals surface area contributed by atoms with Crippen LogP contribution in [0.15, 0.2) is 27.6 Å². The Balaban J connectivity index is 1.55. The van der Waals surface area contributed by atoms with Crippen LogP contribution >= 0.6 is 15.9 Å². The molecule has 33 heavy (non-hydrogen) atoms. The largest absolute Gasteiger partial charge is 0.338 e. The third kappa shape index (κ3) is 3.88. The van der Waals surface area contributed by atoms with Gasteiger partial charge in [0.25, 0.3) is 11.5 Å². The van der Waals surface area contributed by atoms with Crippen LogP contribution in [0.25, 0.3) is 16.9 Å². The Bertz CT molecular complexity index is 1270. The molecule has 0 radical (unpaired) electrons. The normalized spacial score (nSPS) is 17.5. The molecule has 3 heterocycles. The number of aromatic amines is 1. The molecule has 0 atom stereocenters. The van der Waals surface area contributed by atoms with Gasteiger partial charge in [0.05, 0.1) is 12.4 Å². The first kappa shape index (κ1) is 22.2. The topological polar surface area (TPSA) is 70.5 Å². The summed E-state index contributed by atoms with van der Waals surface area (Å²) in [7, 11) is 0. The van der Waals surface area contributed by atoms with Gasteiger partial charge in [-0.1, -0.05) is 19.3 Å². The quantitative estimate of drug-likeness (QED) is 0.534. The maximum absolute atomic E-state index is 15.0. The molecule has 1 aromatic carbocycles. The number of hydrogen-bond donors (Lipinski definition) is 1. The Morgan fingerprint density at radius 2 is 1.79 bits per heavy atom. The molecule has 3 aromatic rings. The van der Waals surface area contributed by atoms with E-state index < -0.39 is 29.8 Å². The average Bonchev–Trinajstić information content (AvgIpc) is 3.09. The van der Waals surface area contributed by atoms with Crippen molar-refractivity contribution in [3.05, 3.63) is 55.9 Å². The van der Waals surface area contributed by atoms with Gasteiger partial charge >= 0.3 is 0 Å². The molecule has 10 heteroatoms. The van der Waals surface area contributed by atoms with Gasteiger partial charge in [0.2, 0.25) is 0 Å². The predicted molar refractivity (Wildman–Crippen MR) is 120 cm³/mol. The summed E-state index contributed by atoms with van der Waals surface area (Å²) in [6.45, 7) is 0.0544. The number of H-pyrrole nitrogens is 1. The van der Waals surface area contributed by atoms with Gasteiger partial charge in [-0.25, -0.2) is 13.8 Å². The van der Waals surface area contributed by atoms with Crippen LogP contribution in [0.5, 0.6) is 0 Å². The van der Waals surface area contributed by atoms with Gasteiger partial charge in [-0.2, -0.15) is 4.52 Å². The third-order valence-electron chi connectivity index (χ3n) is 6.64. The number of likely N-dealkylation sites (tertiary alicyclic amines) is 1. The highest BCUT2D eigenvalue weighted by molar-refractivity contribution is 9.10. The fourth-order valence-corrected chi connectivity index (χ4v) is 5.38. The molecule has 1 amide bonds. The first-order valence-electron chi connectivity index (χ1n) is 11.0. The highest BCUT2D eigenvalue weighted by atomic mass is 79.9. The number of carbonyl (C=O) groups excluding carboxylic acids is 1. The highest BCUT2D eigenvalue weighted by Crippen LogP contribution is 2.37. The van der Waals surface area contributed by atoms with E-state index in [4.69, 9.17) is 0 Å². The maximum Gasteiger partial charge on any atom is 0.273 e. The highest BCUT2D eigenvalue weighted by Gasteiger charge is 2.34. The molecule has 5 rings (SSSR count). The van der Waals surface area contributed by atoms with Gasteiger partial charge in [0.15, 0.2) is 5.65 Å². The molecule has 174 valence electrons. The molecule has 1 aliphatic heterocycles. The van der Waals surface area contributed by atoms with Crippen molar-refractivity contribution in [1.82, 2.24) is 19.5 Å². The van der Waals surface area contributed by atoms with E-state index in [0.717, 1.165) is 36.6 Å². The second-order valence-electron chi connectivity index (χ2n) is 8.86. The number of fused-ring (bicyclic) bond motifs is 1. The van der Waals surface area contributed by atoms with Crippen LogP contribution < -0.4 is 5.56 Å². The summed E-state index contributed by atoms with van der Waals surface area (Å²) >= 11 is 3.26. The van der Waals surface area contributed by atoms with Crippen molar-refractivity contribution >= 4 is 27.5 Å². The van der Waals surface area contributed by atoms with Crippen molar-refractivity contribution in [3.63, 3.8) is 0 Å². The number of carbonyl (C=O) groups is 1. The molecular weight excluding hydrogens is 501 g/mol. The molecule has 2 aliphatic rings. The molecule has 0 spiro atoms. The molecular formula is C23H22BrF3N4O2. The van der Waals surface area contributed by atoms with Crippen LogP contribution in [0.2, 0.25) is 0 Å². The lowest BCUT2D eigenvalue weighted by atomic mass is 9.83. The number of nitrogens with one attached hydrogen (secondary N) is 1. The summed E-state index contributed by atoms with van der Waals surface area (Å²) in [6.07, 6.45) is 4.47. The van der Waals surface area contributed by atoms with Crippen molar-refractivity contribution in [2.24, 2.45) is 5.92 Å². The Kier molecular flexibility index (Phi) is 5.80. The van der Waals surface area contributed by atoms with E-state index in [1.807, 2.05) is 0 Å². The minimum absolute atomic E-state index is 0.0373. The van der Waals surface area contributed by atoms with E-state index in [2.05, 4.69) is 26.0 Å². The fraction of sp³-hybridized carbons (Fsp3) is 0.435. The first-order valence-corrected chi connectivity index (χ1v) is 11.8. The van der Waals surface area contributed by atoms with E-state index in [9.17, 15) is 22.8 Å². The zero-order chi connectivity index (χ0) is 23.3. The van der Waals surface area contributed by atoms with E-state index in [-0.39, 0.29) is 57.6 Å². The Hall–Kier alpha value is -2.62. The number of hydrogen-bond acceptors (Lipinski definition) is 3. The lowest BCUT2D eigenvalue weighted by Gasteiger charge is -2.37. The van der Waals surface area contributed by atoms with Crippen LogP contribution in [0.3, 0.4) is 0 Å². The van der Waals surface area contributed by atoms with Crippen molar-refractivity contribution in [3.8, 4) is 11.3 Å². The summed E-state index contributed by atoms with van der Waals surface area (Å²) in [6, 6.07) is 3.58. The summed E-state index contributed by atoms with van der Waals surface area (Å²) in [4.78, 5) is 31.5. The van der Waals surface area contributed by atoms with Gasteiger partial charge in [0, 0.05) is 36.2 Å². The van der Waals surface area contributed by atoms with Gasteiger partial charge < -0.3 is 4.90 Å².